The summed E-state index contributed by atoms with van der Waals surface area (Å²) in [5.41, 5.74) is 0.722. The molecule has 84 valence electrons. The van der Waals surface area contributed by atoms with E-state index >= 15 is 0 Å². The van der Waals surface area contributed by atoms with Crippen molar-refractivity contribution in [1.82, 2.24) is 10.3 Å². The second-order valence-corrected chi connectivity index (χ2v) is 3.88. The number of rotatable bonds is 4. The van der Waals surface area contributed by atoms with Gasteiger partial charge < -0.3 is 5.32 Å². The van der Waals surface area contributed by atoms with E-state index < -0.39 is 0 Å². The van der Waals surface area contributed by atoms with Crippen molar-refractivity contribution in [3.8, 4) is 6.07 Å². The lowest BCUT2D eigenvalue weighted by Crippen LogP contribution is -2.30. The minimum absolute atomic E-state index is 0.0673. The maximum atomic E-state index is 11.5. The summed E-state index contributed by atoms with van der Waals surface area (Å²) in [5.74, 6) is -0.274. The van der Waals surface area contributed by atoms with Crippen LogP contribution >= 0.6 is 11.6 Å². The zero-order chi connectivity index (χ0) is 12.0. The largest absolute Gasteiger partial charge is 0.349 e. The quantitative estimate of drug-likeness (QED) is 0.811. The summed E-state index contributed by atoms with van der Waals surface area (Å²) in [6.07, 6.45) is 2.16. The Balaban J connectivity index is 2.57. The third kappa shape index (κ3) is 3.52. The van der Waals surface area contributed by atoms with Crippen molar-refractivity contribution in [2.75, 3.05) is 6.54 Å². The van der Waals surface area contributed by atoms with E-state index in [9.17, 15) is 4.79 Å². The molecule has 1 atom stereocenters. The molecule has 1 unspecified atom stereocenters. The Bertz CT molecular complexity index is 397. The van der Waals surface area contributed by atoms with Gasteiger partial charge in [-0.3, -0.25) is 4.79 Å². The zero-order valence-corrected chi connectivity index (χ0v) is 9.66. The molecule has 0 radical (unpaired) electrons. The molecule has 0 aliphatic heterocycles. The summed E-state index contributed by atoms with van der Waals surface area (Å²) in [6.45, 7) is 2.36. The normalized spacial score (nSPS) is 11.6. The predicted molar refractivity (Wildman–Crippen MR) is 61.2 cm³/mol. The highest BCUT2D eigenvalue weighted by Crippen LogP contribution is 2.01. The van der Waals surface area contributed by atoms with E-state index in [1.54, 1.807) is 6.07 Å². The number of hydrogen-bond acceptors (Lipinski definition) is 3. The number of nitrogens with one attached hydrogen (secondary N) is 1. The number of carbonyl (C=O) groups excluding carboxylic acids is 1. The van der Waals surface area contributed by atoms with Crippen molar-refractivity contribution in [3.63, 3.8) is 0 Å². The number of aromatic nitrogens is 1. The smallest absolute Gasteiger partial charge is 0.269 e. The van der Waals surface area contributed by atoms with E-state index in [1.165, 1.54) is 12.3 Å². The number of nitrogens with zero attached hydrogens (tertiary/aromatic N) is 2. The number of alkyl halides is 1. The molecule has 0 aromatic carbocycles. The molecule has 1 amide bonds. The second kappa shape index (κ2) is 6.09. The van der Waals surface area contributed by atoms with Gasteiger partial charge in [-0.15, -0.1) is 11.6 Å². The van der Waals surface area contributed by atoms with Crippen LogP contribution in [0.1, 0.15) is 29.4 Å². The molecule has 0 fully saturated rings. The van der Waals surface area contributed by atoms with Crippen LogP contribution in [-0.4, -0.2) is 22.8 Å². The highest BCUT2D eigenvalue weighted by molar-refractivity contribution is 6.20. The molecule has 0 aliphatic carbocycles. The first kappa shape index (κ1) is 12.5. The standard InChI is InChI=1S/C11H12ClN3O/c1-2-9(12)7-15-11(16)10-4-3-8(5-13)6-14-10/h3-4,6,9H,2,7H2,1H3,(H,15,16). The maximum absolute atomic E-state index is 11.5. The maximum Gasteiger partial charge on any atom is 0.269 e. The fraction of sp³-hybridized carbons (Fsp3) is 0.364. The minimum Gasteiger partial charge on any atom is -0.349 e. The van der Waals surface area contributed by atoms with Crippen molar-refractivity contribution < 1.29 is 4.79 Å². The summed E-state index contributed by atoms with van der Waals surface area (Å²) >= 11 is 5.87. The van der Waals surface area contributed by atoms with Crippen molar-refractivity contribution in [2.45, 2.75) is 18.7 Å². The second-order valence-electron chi connectivity index (χ2n) is 3.26. The lowest BCUT2D eigenvalue weighted by atomic mass is 10.2. The highest BCUT2D eigenvalue weighted by atomic mass is 35.5. The van der Waals surface area contributed by atoms with E-state index in [0.717, 1.165) is 6.42 Å². The Kier molecular flexibility index (Phi) is 4.74. The number of amides is 1. The van der Waals surface area contributed by atoms with Gasteiger partial charge in [-0.05, 0) is 18.6 Å². The van der Waals surface area contributed by atoms with Crippen LogP contribution in [0.15, 0.2) is 18.3 Å². The van der Waals surface area contributed by atoms with E-state index in [1.807, 2.05) is 13.0 Å². The van der Waals surface area contributed by atoms with Crippen molar-refractivity contribution in [1.29, 1.82) is 5.26 Å². The van der Waals surface area contributed by atoms with Gasteiger partial charge in [-0.2, -0.15) is 5.26 Å². The zero-order valence-electron chi connectivity index (χ0n) is 8.90. The first-order chi connectivity index (χ1) is 7.67. The van der Waals surface area contributed by atoms with Crippen molar-refractivity contribution in [3.05, 3.63) is 29.6 Å². The number of nitriles is 1. The number of carbonyl (C=O) groups is 1. The van der Waals surface area contributed by atoms with Crippen molar-refractivity contribution in [2.24, 2.45) is 0 Å². The molecular formula is C11H12ClN3O. The van der Waals surface area contributed by atoms with Gasteiger partial charge in [-0.1, -0.05) is 6.92 Å². The average Bonchev–Trinajstić information content (AvgIpc) is 2.35. The summed E-state index contributed by atoms with van der Waals surface area (Å²) in [7, 11) is 0. The minimum atomic E-state index is -0.274. The Morgan fingerprint density at radius 2 is 2.44 bits per heavy atom. The van der Waals surface area contributed by atoms with E-state index in [-0.39, 0.29) is 11.3 Å². The van der Waals surface area contributed by atoms with Gasteiger partial charge >= 0.3 is 0 Å². The molecule has 1 aromatic rings. The highest BCUT2D eigenvalue weighted by Gasteiger charge is 2.08. The third-order valence-electron chi connectivity index (χ3n) is 2.05. The van der Waals surface area contributed by atoms with Crippen LogP contribution in [0.5, 0.6) is 0 Å². The molecular weight excluding hydrogens is 226 g/mol. The Morgan fingerprint density at radius 3 is 2.94 bits per heavy atom. The molecule has 0 spiro atoms. The molecule has 1 aromatic heterocycles. The van der Waals surface area contributed by atoms with Gasteiger partial charge in [0.15, 0.2) is 0 Å². The van der Waals surface area contributed by atoms with Gasteiger partial charge in [0.2, 0.25) is 0 Å². The lowest BCUT2D eigenvalue weighted by Gasteiger charge is -2.07. The molecule has 0 saturated heterocycles. The van der Waals surface area contributed by atoms with Gasteiger partial charge in [0.25, 0.3) is 5.91 Å². The topological polar surface area (TPSA) is 65.8 Å². The Labute approximate surface area is 99.2 Å². The monoisotopic (exact) mass is 237 g/mol. The van der Waals surface area contributed by atoms with Crippen LogP contribution in [0.4, 0.5) is 0 Å². The van der Waals surface area contributed by atoms with Gasteiger partial charge in [0.05, 0.1) is 10.9 Å². The van der Waals surface area contributed by atoms with E-state index in [0.29, 0.717) is 17.8 Å². The fourth-order valence-corrected chi connectivity index (χ4v) is 1.11. The van der Waals surface area contributed by atoms with Crippen molar-refractivity contribution >= 4 is 17.5 Å². The van der Waals surface area contributed by atoms with E-state index in [2.05, 4.69) is 10.3 Å². The molecule has 1 heterocycles. The SMILES string of the molecule is CCC(Cl)CNC(=O)c1ccc(C#N)cn1. The lowest BCUT2D eigenvalue weighted by molar-refractivity contribution is 0.0948. The van der Waals surface area contributed by atoms with Gasteiger partial charge in [-0.25, -0.2) is 4.98 Å². The third-order valence-corrected chi connectivity index (χ3v) is 2.52. The summed E-state index contributed by atoms with van der Waals surface area (Å²) in [4.78, 5) is 15.4. The first-order valence-electron chi connectivity index (χ1n) is 4.95. The van der Waals surface area contributed by atoms with Crippen LogP contribution < -0.4 is 5.32 Å². The molecule has 0 saturated carbocycles. The molecule has 1 N–H and O–H groups in total. The molecule has 1 rings (SSSR count). The predicted octanol–water partition coefficient (Wildman–Crippen LogP) is 1.70. The average molecular weight is 238 g/mol. The first-order valence-corrected chi connectivity index (χ1v) is 5.39. The Hall–Kier alpha value is -1.60. The Morgan fingerprint density at radius 1 is 1.69 bits per heavy atom. The van der Waals surface area contributed by atoms with Gasteiger partial charge in [0.1, 0.15) is 11.8 Å². The van der Waals surface area contributed by atoms with E-state index in [4.69, 9.17) is 16.9 Å². The van der Waals surface area contributed by atoms with Crippen LogP contribution in [0.25, 0.3) is 0 Å². The summed E-state index contributed by atoms with van der Waals surface area (Å²) in [5, 5.41) is 11.2. The van der Waals surface area contributed by atoms with Crippen LogP contribution in [0.3, 0.4) is 0 Å². The van der Waals surface area contributed by atoms with Gasteiger partial charge in [0, 0.05) is 12.7 Å². The number of pyridine rings is 1. The summed E-state index contributed by atoms with van der Waals surface area (Å²) in [6, 6.07) is 5.01. The molecule has 0 bridgehead atoms. The van der Waals surface area contributed by atoms with Crippen LogP contribution in [-0.2, 0) is 0 Å². The number of hydrogen-bond donors (Lipinski definition) is 1. The molecule has 0 aliphatic rings. The van der Waals surface area contributed by atoms with Crippen LogP contribution in [0, 0.1) is 11.3 Å². The summed E-state index contributed by atoms with van der Waals surface area (Å²) < 4.78 is 0. The van der Waals surface area contributed by atoms with Crippen LogP contribution in [0.2, 0.25) is 0 Å². The molecule has 4 nitrogen and oxygen atoms in total. The number of halogens is 1. The molecule has 16 heavy (non-hydrogen) atoms. The molecule has 5 heteroatoms. The fourth-order valence-electron chi connectivity index (χ4n) is 1.03.